The number of nitrogens with zero attached hydrogens (tertiary/aromatic N) is 3. The zero-order valence-corrected chi connectivity index (χ0v) is 12.0. The van der Waals surface area contributed by atoms with Gasteiger partial charge in [0.15, 0.2) is 5.82 Å². The van der Waals surface area contributed by atoms with Gasteiger partial charge >= 0.3 is 0 Å². The van der Waals surface area contributed by atoms with E-state index in [0.29, 0.717) is 17.8 Å². The van der Waals surface area contributed by atoms with Crippen molar-refractivity contribution in [3.8, 4) is 0 Å². The van der Waals surface area contributed by atoms with Gasteiger partial charge in [-0.3, -0.25) is 15.0 Å². The zero-order valence-electron chi connectivity index (χ0n) is 12.0. The standard InChI is InChI=1S/C15H14N6O2/c16-11-3-1-9(2-4-11)5-10-7-18-20-14(10)12(22)6-13(23)15-17-8-19-21-15/h1-4,6-8,22H,5,16H2,(H,18,20)(H,17,19,21). The third-order valence-corrected chi connectivity index (χ3v) is 3.26. The summed E-state index contributed by atoms with van der Waals surface area (Å²) in [5, 5.41) is 22.8. The number of aromatic nitrogens is 5. The number of aliphatic hydroxyl groups excluding tert-OH is 1. The molecule has 0 aliphatic heterocycles. The summed E-state index contributed by atoms with van der Waals surface area (Å²) in [6.45, 7) is 0. The highest BCUT2D eigenvalue weighted by molar-refractivity contribution is 6.05. The number of rotatable bonds is 5. The molecular weight excluding hydrogens is 296 g/mol. The number of nitrogen functional groups attached to an aromatic ring is 1. The number of carbonyl (C=O) groups excluding carboxylic acids is 1. The maximum Gasteiger partial charge on any atom is 0.226 e. The largest absolute Gasteiger partial charge is 0.506 e. The van der Waals surface area contributed by atoms with Gasteiger partial charge in [-0.1, -0.05) is 12.1 Å². The van der Waals surface area contributed by atoms with E-state index in [0.717, 1.165) is 17.2 Å². The lowest BCUT2D eigenvalue weighted by atomic mass is 10.0. The number of ketones is 1. The van der Waals surface area contributed by atoms with Gasteiger partial charge in [0, 0.05) is 23.7 Å². The molecule has 116 valence electrons. The summed E-state index contributed by atoms with van der Waals surface area (Å²) in [5.41, 5.74) is 8.49. The quantitative estimate of drug-likeness (QED) is 0.244. The van der Waals surface area contributed by atoms with E-state index in [9.17, 15) is 9.90 Å². The number of hydrogen-bond donors (Lipinski definition) is 4. The summed E-state index contributed by atoms with van der Waals surface area (Å²) < 4.78 is 0. The summed E-state index contributed by atoms with van der Waals surface area (Å²) in [6.07, 6.45) is 4.44. The first-order valence-electron chi connectivity index (χ1n) is 6.81. The van der Waals surface area contributed by atoms with Crippen LogP contribution in [0.1, 0.15) is 27.4 Å². The smallest absolute Gasteiger partial charge is 0.226 e. The lowest BCUT2D eigenvalue weighted by molar-refractivity contribution is 0.103. The Hall–Kier alpha value is -3.42. The van der Waals surface area contributed by atoms with Crippen LogP contribution in [0.2, 0.25) is 0 Å². The fourth-order valence-corrected chi connectivity index (χ4v) is 2.11. The van der Waals surface area contributed by atoms with Gasteiger partial charge < -0.3 is 10.8 Å². The Morgan fingerprint density at radius 1 is 1.22 bits per heavy atom. The van der Waals surface area contributed by atoms with Crippen LogP contribution in [0.4, 0.5) is 5.69 Å². The minimum atomic E-state index is -0.479. The summed E-state index contributed by atoms with van der Waals surface area (Å²) in [5.74, 6) is -0.640. The third kappa shape index (κ3) is 3.26. The minimum Gasteiger partial charge on any atom is -0.506 e. The van der Waals surface area contributed by atoms with Gasteiger partial charge in [-0.05, 0) is 17.7 Å². The van der Waals surface area contributed by atoms with E-state index in [1.165, 1.54) is 6.33 Å². The molecule has 0 atom stereocenters. The van der Waals surface area contributed by atoms with E-state index < -0.39 is 5.78 Å². The normalized spacial score (nSPS) is 11.6. The molecule has 0 bridgehead atoms. The van der Waals surface area contributed by atoms with Crippen LogP contribution >= 0.6 is 0 Å². The molecule has 0 aliphatic carbocycles. The molecule has 0 unspecified atom stereocenters. The predicted molar refractivity (Wildman–Crippen MR) is 83.6 cm³/mol. The summed E-state index contributed by atoms with van der Waals surface area (Å²) in [6, 6.07) is 7.40. The molecule has 1 aromatic carbocycles. The van der Waals surface area contributed by atoms with Gasteiger partial charge in [-0.15, -0.1) is 0 Å². The first-order valence-corrected chi connectivity index (χ1v) is 6.81. The van der Waals surface area contributed by atoms with Crippen molar-refractivity contribution in [1.82, 2.24) is 25.4 Å². The number of aromatic amines is 2. The monoisotopic (exact) mass is 310 g/mol. The third-order valence-electron chi connectivity index (χ3n) is 3.26. The van der Waals surface area contributed by atoms with Crippen LogP contribution in [0.5, 0.6) is 0 Å². The highest BCUT2D eigenvalue weighted by atomic mass is 16.3. The van der Waals surface area contributed by atoms with E-state index in [4.69, 9.17) is 5.73 Å². The Morgan fingerprint density at radius 2 is 2.00 bits per heavy atom. The van der Waals surface area contributed by atoms with Crippen LogP contribution in [0.25, 0.3) is 5.76 Å². The lowest BCUT2D eigenvalue weighted by Crippen LogP contribution is -2.01. The van der Waals surface area contributed by atoms with Crippen molar-refractivity contribution in [2.45, 2.75) is 6.42 Å². The molecule has 3 aromatic rings. The molecule has 2 heterocycles. The lowest BCUT2D eigenvalue weighted by Gasteiger charge is -2.03. The topological polar surface area (TPSA) is 134 Å². The average molecular weight is 310 g/mol. The van der Waals surface area contributed by atoms with Crippen LogP contribution in [0.15, 0.2) is 42.9 Å². The Labute approximate surface area is 131 Å². The number of anilines is 1. The van der Waals surface area contributed by atoms with Gasteiger partial charge in [-0.2, -0.15) is 10.2 Å². The fourth-order valence-electron chi connectivity index (χ4n) is 2.11. The molecule has 0 saturated carbocycles. The van der Waals surface area contributed by atoms with Gasteiger partial charge in [-0.25, -0.2) is 4.98 Å². The minimum absolute atomic E-state index is 0.0520. The highest BCUT2D eigenvalue weighted by Gasteiger charge is 2.13. The molecule has 23 heavy (non-hydrogen) atoms. The highest BCUT2D eigenvalue weighted by Crippen LogP contribution is 2.19. The second kappa shape index (κ2) is 6.14. The number of benzene rings is 1. The van der Waals surface area contributed by atoms with E-state index >= 15 is 0 Å². The van der Waals surface area contributed by atoms with Crippen molar-refractivity contribution >= 4 is 17.2 Å². The second-order valence-electron chi connectivity index (χ2n) is 4.92. The molecule has 2 aromatic heterocycles. The summed E-state index contributed by atoms with van der Waals surface area (Å²) in [7, 11) is 0. The molecular formula is C15H14N6O2. The van der Waals surface area contributed by atoms with Crippen LogP contribution in [0.3, 0.4) is 0 Å². The van der Waals surface area contributed by atoms with E-state index in [1.807, 2.05) is 12.1 Å². The van der Waals surface area contributed by atoms with Crippen molar-refractivity contribution in [2.75, 3.05) is 5.73 Å². The number of hydrogen-bond acceptors (Lipinski definition) is 6. The number of nitrogens with one attached hydrogen (secondary N) is 2. The average Bonchev–Trinajstić information content (AvgIpc) is 3.20. The Morgan fingerprint density at radius 3 is 2.70 bits per heavy atom. The number of carbonyl (C=O) groups is 1. The molecule has 0 radical (unpaired) electrons. The maximum absolute atomic E-state index is 11.9. The number of allylic oxidation sites excluding steroid dienone is 1. The van der Waals surface area contributed by atoms with E-state index in [2.05, 4.69) is 25.4 Å². The van der Waals surface area contributed by atoms with Crippen LogP contribution in [-0.2, 0) is 6.42 Å². The van der Waals surface area contributed by atoms with Crippen LogP contribution in [-0.4, -0.2) is 36.3 Å². The van der Waals surface area contributed by atoms with E-state index in [1.54, 1.807) is 18.3 Å². The van der Waals surface area contributed by atoms with Gasteiger partial charge in [0.05, 0.1) is 6.20 Å². The molecule has 3 rings (SSSR count). The van der Waals surface area contributed by atoms with Crippen molar-refractivity contribution in [3.63, 3.8) is 0 Å². The van der Waals surface area contributed by atoms with Crippen LogP contribution in [0, 0.1) is 0 Å². The zero-order chi connectivity index (χ0) is 16.2. The molecule has 0 aliphatic rings. The van der Waals surface area contributed by atoms with Crippen molar-refractivity contribution in [1.29, 1.82) is 0 Å². The molecule has 0 spiro atoms. The summed E-state index contributed by atoms with van der Waals surface area (Å²) >= 11 is 0. The van der Waals surface area contributed by atoms with E-state index in [-0.39, 0.29) is 11.6 Å². The Bertz CT molecular complexity index is 833. The van der Waals surface area contributed by atoms with Crippen molar-refractivity contribution in [2.24, 2.45) is 0 Å². The summed E-state index contributed by atoms with van der Waals surface area (Å²) in [4.78, 5) is 15.6. The number of nitrogens with two attached hydrogens (primary N) is 1. The predicted octanol–water partition coefficient (Wildman–Crippen LogP) is 1.48. The molecule has 0 amide bonds. The first-order chi connectivity index (χ1) is 11.1. The molecule has 5 N–H and O–H groups in total. The van der Waals surface area contributed by atoms with Gasteiger partial charge in [0.1, 0.15) is 17.8 Å². The fraction of sp³-hybridized carbons (Fsp3) is 0.0667. The second-order valence-corrected chi connectivity index (χ2v) is 4.92. The molecule has 0 saturated heterocycles. The molecule has 8 heteroatoms. The molecule has 0 fully saturated rings. The first kappa shape index (κ1) is 14.5. The van der Waals surface area contributed by atoms with Crippen LogP contribution < -0.4 is 5.73 Å². The SMILES string of the molecule is Nc1ccc(Cc2cn[nH]c2C(O)=CC(=O)c2ncn[nH]2)cc1. The molecule has 8 nitrogen and oxygen atoms in total. The van der Waals surface area contributed by atoms with Gasteiger partial charge in [0.25, 0.3) is 0 Å². The van der Waals surface area contributed by atoms with Gasteiger partial charge in [0.2, 0.25) is 5.78 Å². The Balaban J connectivity index is 1.82. The Kier molecular flexibility index (Phi) is 3.88. The number of H-pyrrole nitrogens is 2. The van der Waals surface area contributed by atoms with Crippen molar-refractivity contribution in [3.05, 3.63) is 65.5 Å². The van der Waals surface area contributed by atoms with Crippen molar-refractivity contribution < 1.29 is 9.90 Å². The number of aliphatic hydroxyl groups is 1. The maximum atomic E-state index is 11.9.